The second-order valence-corrected chi connectivity index (χ2v) is 5.08. The largest absolute Gasteiger partial charge is 0.393 e. The molecule has 0 bridgehead atoms. The Kier molecular flexibility index (Phi) is 3.84. The van der Waals surface area contributed by atoms with Crippen molar-refractivity contribution in [3.05, 3.63) is 18.0 Å². The molecule has 1 aliphatic carbocycles. The molecule has 1 aromatic rings. The van der Waals surface area contributed by atoms with Gasteiger partial charge in [-0.2, -0.15) is 5.10 Å². The Morgan fingerprint density at radius 3 is 2.82 bits per heavy atom. The van der Waals surface area contributed by atoms with Crippen molar-refractivity contribution in [1.29, 1.82) is 0 Å². The van der Waals surface area contributed by atoms with Gasteiger partial charge < -0.3 is 9.84 Å². The number of aryl methyl sites for hydroxylation is 2. The van der Waals surface area contributed by atoms with Crippen molar-refractivity contribution in [2.24, 2.45) is 7.05 Å². The van der Waals surface area contributed by atoms with Crippen molar-refractivity contribution in [2.45, 2.75) is 50.2 Å². The summed E-state index contributed by atoms with van der Waals surface area (Å²) in [5, 5.41) is 14.2. The van der Waals surface area contributed by atoms with Gasteiger partial charge in [0.2, 0.25) is 0 Å². The zero-order valence-corrected chi connectivity index (χ0v) is 10.7. The lowest BCUT2D eigenvalue weighted by Gasteiger charge is -2.41. The zero-order chi connectivity index (χ0) is 12.3. The molecule has 1 saturated carbocycles. The quantitative estimate of drug-likeness (QED) is 0.820. The van der Waals surface area contributed by atoms with E-state index < -0.39 is 0 Å². The van der Waals surface area contributed by atoms with Crippen LogP contribution in [0.5, 0.6) is 0 Å². The van der Waals surface area contributed by atoms with Crippen LogP contribution in [0.25, 0.3) is 0 Å². The second-order valence-electron chi connectivity index (χ2n) is 5.08. The molecule has 1 aliphatic rings. The lowest BCUT2D eigenvalue weighted by Crippen LogP contribution is -2.42. The van der Waals surface area contributed by atoms with Crippen LogP contribution >= 0.6 is 0 Å². The van der Waals surface area contributed by atoms with Crippen LogP contribution in [0, 0.1) is 0 Å². The Morgan fingerprint density at radius 2 is 2.35 bits per heavy atom. The standard InChI is InChI=1S/C13H22N2O2/c1-15-11(6-9-14-15)4-5-12(16)10-13(17-2)7-3-8-13/h6,9,12,16H,3-5,7-8,10H2,1-2H3. The van der Waals surface area contributed by atoms with Crippen LogP contribution in [0.3, 0.4) is 0 Å². The van der Waals surface area contributed by atoms with Gasteiger partial charge in [0.05, 0.1) is 11.7 Å². The highest BCUT2D eigenvalue weighted by Crippen LogP contribution is 2.39. The van der Waals surface area contributed by atoms with Crippen LogP contribution in [0.2, 0.25) is 0 Å². The number of rotatable bonds is 6. The van der Waals surface area contributed by atoms with Crippen molar-refractivity contribution in [3.63, 3.8) is 0 Å². The number of methoxy groups -OCH3 is 1. The van der Waals surface area contributed by atoms with E-state index in [-0.39, 0.29) is 11.7 Å². The molecule has 1 N–H and O–H groups in total. The van der Waals surface area contributed by atoms with E-state index in [0.717, 1.165) is 32.1 Å². The maximum absolute atomic E-state index is 10.1. The highest BCUT2D eigenvalue weighted by molar-refractivity contribution is 5.00. The molecule has 0 aliphatic heterocycles. The molecule has 0 aromatic carbocycles. The lowest BCUT2D eigenvalue weighted by molar-refractivity contribution is -0.0999. The molecular weight excluding hydrogens is 216 g/mol. The fourth-order valence-electron chi connectivity index (χ4n) is 2.56. The van der Waals surface area contributed by atoms with Gasteiger partial charge in [0.1, 0.15) is 0 Å². The topological polar surface area (TPSA) is 47.3 Å². The molecule has 17 heavy (non-hydrogen) atoms. The van der Waals surface area contributed by atoms with E-state index in [1.165, 1.54) is 12.1 Å². The van der Waals surface area contributed by atoms with Gasteiger partial charge in [-0.3, -0.25) is 4.68 Å². The van der Waals surface area contributed by atoms with E-state index in [0.29, 0.717) is 0 Å². The molecule has 1 fully saturated rings. The smallest absolute Gasteiger partial charge is 0.0703 e. The minimum Gasteiger partial charge on any atom is -0.393 e. The Balaban J connectivity index is 1.78. The molecule has 1 atom stereocenters. The summed E-state index contributed by atoms with van der Waals surface area (Å²) >= 11 is 0. The Morgan fingerprint density at radius 1 is 1.59 bits per heavy atom. The van der Waals surface area contributed by atoms with Gasteiger partial charge in [0.25, 0.3) is 0 Å². The van der Waals surface area contributed by atoms with E-state index in [9.17, 15) is 5.11 Å². The van der Waals surface area contributed by atoms with Crippen LogP contribution in [-0.4, -0.2) is 33.7 Å². The minimum absolute atomic E-state index is 0.0358. The number of aromatic nitrogens is 2. The summed E-state index contributed by atoms with van der Waals surface area (Å²) in [6.45, 7) is 0. The van der Waals surface area contributed by atoms with Crippen LogP contribution in [0.15, 0.2) is 12.3 Å². The van der Waals surface area contributed by atoms with Crippen molar-refractivity contribution in [1.82, 2.24) is 9.78 Å². The first kappa shape index (κ1) is 12.6. The van der Waals surface area contributed by atoms with Crippen LogP contribution in [-0.2, 0) is 18.2 Å². The molecule has 1 aromatic heterocycles. The Labute approximate surface area is 103 Å². The summed E-state index contributed by atoms with van der Waals surface area (Å²) in [6, 6.07) is 2.00. The summed E-state index contributed by atoms with van der Waals surface area (Å²) in [5.41, 5.74) is 1.13. The molecule has 0 saturated heterocycles. The molecular formula is C13H22N2O2. The first-order valence-corrected chi connectivity index (χ1v) is 6.35. The maximum Gasteiger partial charge on any atom is 0.0703 e. The maximum atomic E-state index is 10.1. The summed E-state index contributed by atoms with van der Waals surface area (Å²) < 4.78 is 7.39. The van der Waals surface area contributed by atoms with Crippen LogP contribution in [0.4, 0.5) is 0 Å². The van der Waals surface area contributed by atoms with E-state index in [1.807, 2.05) is 17.8 Å². The molecule has 0 radical (unpaired) electrons. The van der Waals surface area contributed by atoms with Gasteiger partial charge in [-0.15, -0.1) is 0 Å². The number of nitrogens with zero attached hydrogens (tertiary/aromatic N) is 2. The summed E-state index contributed by atoms with van der Waals surface area (Å²) in [4.78, 5) is 0. The van der Waals surface area contributed by atoms with Gasteiger partial charge in [-0.05, 0) is 38.2 Å². The third kappa shape index (κ3) is 2.87. The fourth-order valence-corrected chi connectivity index (χ4v) is 2.56. The van der Waals surface area contributed by atoms with Crippen molar-refractivity contribution in [2.75, 3.05) is 7.11 Å². The SMILES string of the molecule is COC1(CC(O)CCc2ccnn2C)CCC1. The van der Waals surface area contributed by atoms with Gasteiger partial charge in [0.15, 0.2) is 0 Å². The normalized spacial score (nSPS) is 19.9. The van der Waals surface area contributed by atoms with E-state index in [2.05, 4.69) is 5.10 Å². The van der Waals surface area contributed by atoms with Crippen molar-refractivity contribution in [3.8, 4) is 0 Å². The predicted molar refractivity (Wildman–Crippen MR) is 65.7 cm³/mol. The second kappa shape index (κ2) is 5.19. The molecule has 2 rings (SSSR count). The molecule has 96 valence electrons. The zero-order valence-electron chi connectivity index (χ0n) is 10.7. The van der Waals surface area contributed by atoms with Gasteiger partial charge in [-0.1, -0.05) is 0 Å². The van der Waals surface area contributed by atoms with Crippen molar-refractivity contribution >= 4 is 0 Å². The Bertz CT molecular complexity index is 353. The number of aliphatic hydroxyl groups is 1. The molecule has 1 heterocycles. The highest BCUT2D eigenvalue weighted by Gasteiger charge is 2.38. The first-order chi connectivity index (χ1) is 8.15. The van der Waals surface area contributed by atoms with Gasteiger partial charge in [0, 0.05) is 32.5 Å². The summed E-state index contributed by atoms with van der Waals surface area (Å²) in [7, 11) is 3.69. The van der Waals surface area contributed by atoms with Crippen molar-refractivity contribution < 1.29 is 9.84 Å². The molecule has 0 spiro atoms. The van der Waals surface area contributed by atoms with E-state index in [1.54, 1.807) is 13.3 Å². The highest BCUT2D eigenvalue weighted by atomic mass is 16.5. The predicted octanol–water partition coefficient (Wildman–Crippen LogP) is 1.67. The van der Waals surface area contributed by atoms with E-state index >= 15 is 0 Å². The fraction of sp³-hybridized carbons (Fsp3) is 0.769. The molecule has 4 heteroatoms. The lowest BCUT2D eigenvalue weighted by atomic mass is 9.75. The molecule has 1 unspecified atom stereocenters. The summed E-state index contributed by atoms with van der Waals surface area (Å²) in [6.07, 6.45) is 7.35. The minimum atomic E-state index is -0.273. The number of aliphatic hydroxyl groups excluding tert-OH is 1. The average molecular weight is 238 g/mol. The number of hydrogen-bond acceptors (Lipinski definition) is 3. The molecule has 4 nitrogen and oxygen atoms in total. The van der Waals surface area contributed by atoms with Crippen LogP contribution in [0.1, 0.15) is 37.8 Å². The third-order valence-corrected chi connectivity index (χ3v) is 3.96. The number of ether oxygens (including phenoxy) is 1. The number of hydrogen-bond donors (Lipinski definition) is 1. The summed E-state index contributed by atoms with van der Waals surface area (Å²) in [5.74, 6) is 0. The average Bonchev–Trinajstić information content (AvgIpc) is 2.67. The third-order valence-electron chi connectivity index (χ3n) is 3.96. The molecule has 0 amide bonds. The Hall–Kier alpha value is -0.870. The van der Waals surface area contributed by atoms with Gasteiger partial charge in [-0.25, -0.2) is 0 Å². The van der Waals surface area contributed by atoms with Gasteiger partial charge >= 0.3 is 0 Å². The monoisotopic (exact) mass is 238 g/mol. The first-order valence-electron chi connectivity index (χ1n) is 6.35. The van der Waals surface area contributed by atoms with Crippen LogP contribution < -0.4 is 0 Å². The van der Waals surface area contributed by atoms with E-state index in [4.69, 9.17) is 4.74 Å².